The van der Waals surface area contributed by atoms with Gasteiger partial charge in [-0.1, -0.05) is 0 Å². The van der Waals surface area contributed by atoms with E-state index in [-0.39, 0.29) is 12.3 Å². The van der Waals surface area contributed by atoms with Crippen LogP contribution in [0.15, 0.2) is 18.2 Å². The minimum Gasteiger partial charge on any atom is -0.389 e. The van der Waals surface area contributed by atoms with Gasteiger partial charge in [0.25, 0.3) is 5.69 Å². The quantitative estimate of drug-likeness (QED) is 0.578. The van der Waals surface area contributed by atoms with Crippen LogP contribution in [0.4, 0.5) is 11.4 Å². The average Bonchev–Trinajstić information content (AvgIpc) is 2.26. The molecule has 1 atom stereocenters. The Labute approximate surface area is 99.4 Å². The largest absolute Gasteiger partial charge is 0.389 e. The maximum Gasteiger partial charge on any atom is 0.272 e. The maximum absolute atomic E-state index is 10.6. The smallest absolute Gasteiger partial charge is 0.272 e. The molecule has 0 spiro atoms. The molecule has 0 saturated carbocycles. The van der Waals surface area contributed by atoms with Gasteiger partial charge in [0.2, 0.25) is 0 Å². The van der Waals surface area contributed by atoms with Crippen molar-refractivity contribution in [3.63, 3.8) is 0 Å². The van der Waals surface area contributed by atoms with Crippen molar-refractivity contribution in [1.29, 1.82) is 0 Å². The van der Waals surface area contributed by atoms with Crippen LogP contribution in [0.1, 0.15) is 5.56 Å². The van der Waals surface area contributed by atoms with Gasteiger partial charge in [-0.2, -0.15) is 0 Å². The van der Waals surface area contributed by atoms with E-state index >= 15 is 0 Å². The Morgan fingerprint density at radius 1 is 1.59 bits per heavy atom. The van der Waals surface area contributed by atoms with E-state index in [2.05, 4.69) is 5.32 Å². The molecule has 0 amide bonds. The van der Waals surface area contributed by atoms with Crippen molar-refractivity contribution < 1.29 is 14.8 Å². The van der Waals surface area contributed by atoms with Crippen molar-refractivity contribution in [3.05, 3.63) is 33.9 Å². The summed E-state index contributed by atoms with van der Waals surface area (Å²) in [6, 6.07) is 4.74. The van der Waals surface area contributed by atoms with Gasteiger partial charge in [0.05, 0.1) is 17.6 Å². The number of nitrogens with zero attached hydrogens (tertiary/aromatic N) is 1. The summed E-state index contributed by atoms with van der Waals surface area (Å²) in [4.78, 5) is 10.2. The predicted octanol–water partition coefficient (Wildman–Crippen LogP) is 1.32. The highest BCUT2D eigenvalue weighted by atomic mass is 16.6. The van der Waals surface area contributed by atoms with Crippen LogP contribution in [0.3, 0.4) is 0 Å². The number of ether oxygens (including phenoxy) is 1. The summed E-state index contributed by atoms with van der Waals surface area (Å²) in [5, 5.41) is 23.0. The standard InChI is InChI=1S/C11H16N2O4/c1-8-5-9(3-4-11(8)13(15)16)12-6-10(14)7-17-2/h3-5,10,12,14H,6-7H2,1-2H3/t10-/m0/s1. The van der Waals surface area contributed by atoms with E-state index in [1.165, 1.54) is 13.2 Å². The highest BCUT2D eigenvalue weighted by Crippen LogP contribution is 2.21. The molecular weight excluding hydrogens is 224 g/mol. The molecule has 0 aliphatic carbocycles. The molecule has 0 aliphatic heterocycles. The van der Waals surface area contributed by atoms with E-state index in [1.54, 1.807) is 19.1 Å². The predicted molar refractivity (Wildman–Crippen MR) is 64.2 cm³/mol. The highest BCUT2D eigenvalue weighted by molar-refractivity contribution is 5.53. The van der Waals surface area contributed by atoms with E-state index in [0.29, 0.717) is 12.1 Å². The molecule has 0 aromatic heterocycles. The third kappa shape index (κ3) is 4.01. The first kappa shape index (κ1) is 13.4. The Kier molecular flexibility index (Phi) is 4.86. The number of benzene rings is 1. The third-order valence-corrected chi connectivity index (χ3v) is 2.29. The molecule has 94 valence electrons. The number of aryl methyl sites for hydroxylation is 1. The number of aliphatic hydroxyl groups is 1. The van der Waals surface area contributed by atoms with Gasteiger partial charge in [-0.15, -0.1) is 0 Å². The van der Waals surface area contributed by atoms with Gasteiger partial charge in [-0.25, -0.2) is 0 Å². The first-order valence-electron chi connectivity index (χ1n) is 5.20. The zero-order valence-electron chi connectivity index (χ0n) is 9.84. The lowest BCUT2D eigenvalue weighted by Gasteiger charge is -2.12. The van der Waals surface area contributed by atoms with Crippen molar-refractivity contribution in [3.8, 4) is 0 Å². The number of methoxy groups -OCH3 is 1. The topological polar surface area (TPSA) is 84.6 Å². The van der Waals surface area contributed by atoms with Crippen LogP contribution in [0.25, 0.3) is 0 Å². The van der Waals surface area contributed by atoms with E-state index in [1.807, 2.05) is 0 Å². The molecule has 0 aliphatic rings. The van der Waals surface area contributed by atoms with Crippen LogP contribution < -0.4 is 5.32 Å². The van der Waals surface area contributed by atoms with E-state index in [9.17, 15) is 15.2 Å². The second-order valence-electron chi connectivity index (χ2n) is 3.75. The Morgan fingerprint density at radius 3 is 2.82 bits per heavy atom. The minimum atomic E-state index is -0.601. The number of aliphatic hydroxyl groups excluding tert-OH is 1. The number of hydrogen-bond donors (Lipinski definition) is 2. The van der Waals surface area contributed by atoms with Gasteiger partial charge < -0.3 is 15.2 Å². The minimum absolute atomic E-state index is 0.0907. The highest BCUT2D eigenvalue weighted by Gasteiger charge is 2.10. The second kappa shape index (κ2) is 6.17. The molecule has 0 saturated heterocycles. The van der Waals surface area contributed by atoms with Crippen LogP contribution in [-0.2, 0) is 4.74 Å². The van der Waals surface area contributed by atoms with Gasteiger partial charge in [-0.3, -0.25) is 10.1 Å². The molecule has 2 N–H and O–H groups in total. The monoisotopic (exact) mass is 240 g/mol. The van der Waals surface area contributed by atoms with Crippen LogP contribution in [0, 0.1) is 17.0 Å². The molecule has 0 radical (unpaired) electrons. The summed E-state index contributed by atoms with van der Waals surface area (Å²) in [6.07, 6.45) is -0.601. The molecule has 1 rings (SSSR count). The Morgan fingerprint density at radius 2 is 2.29 bits per heavy atom. The third-order valence-electron chi connectivity index (χ3n) is 2.29. The lowest BCUT2D eigenvalue weighted by atomic mass is 10.2. The summed E-state index contributed by atoms with van der Waals surface area (Å²) in [5.41, 5.74) is 1.41. The number of hydrogen-bond acceptors (Lipinski definition) is 5. The molecule has 0 heterocycles. The number of nitrogens with one attached hydrogen (secondary N) is 1. The molecule has 1 aromatic rings. The van der Waals surface area contributed by atoms with Gasteiger partial charge in [0, 0.05) is 31.0 Å². The van der Waals surface area contributed by atoms with Crippen molar-refractivity contribution in [2.24, 2.45) is 0 Å². The number of nitro benzene ring substituents is 1. The summed E-state index contributed by atoms with van der Waals surface area (Å²) in [7, 11) is 1.51. The first-order valence-corrected chi connectivity index (χ1v) is 5.20. The fraction of sp³-hybridized carbons (Fsp3) is 0.455. The second-order valence-corrected chi connectivity index (χ2v) is 3.75. The van der Waals surface area contributed by atoms with E-state index < -0.39 is 11.0 Å². The zero-order chi connectivity index (χ0) is 12.8. The van der Waals surface area contributed by atoms with Gasteiger partial charge in [0.15, 0.2) is 0 Å². The van der Waals surface area contributed by atoms with Crippen LogP contribution in [0.2, 0.25) is 0 Å². The van der Waals surface area contributed by atoms with Crippen LogP contribution in [0.5, 0.6) is 0 Å². The molecule has 6 nitrogen and oxygen atoms in total. The Bertz CT molecular complexity index is 395. The fourth-order valence-electron chi connectivity index (χ4n) is 1.46. The molecule has 0 unspecified atom stereocenters. The first-order chi connectivity index (χ1) is 8.04. The van der Waals surface area contributed by atoms with Crippen molar-refractivity contribution in [1.82, 2.24) is 0 Å². The molecular formula is C11H16N2O4. The lowest BCUT2D eigenvalue weighted by Crippen LogP contribution is -2.24. The van der Waals surface area contributed by atoms with Crippen molar-refractivity contribution in [2.45, 2.75) is 13.0 Å². The SMILES string of the molecule is COC[C@@H](O)CNc1ccc([N+](=O)[O-])c(C)c1. The molecule has 0 fully saturated rings. The summed E-state index contributed by atoms with van der Waals surface area (Å²) < 4.78 is 4.79. The Balaban J connectivity index is 2.62. The van der Waals surface area contributed by atoms with Crippen LogP contribution in [-0.4, -0.2) is 36.4 Å². The number of anilines is 1. The van der Waals surface area contributed by atoms with E-state index in [0.717, 1.165) is 5.69 Å². The van der Waals surface area contributed by atoms with Gasteiger partial charge in [-0.05, 0) is 19.1 Å². The normalized spacial score (nSPS) is 12.2. The summed E-state index contributed by atoms with van der Waals surface area (Å²) in [6.45, 7) is 2.26. The fourth-order valence-corrected chi connectivity index (χ4v) is 1.46. The summed E-state index contributed by atoms with van der Waals surface area (Å²) >= 11 is 0. The molecule has 0 bridgehead atoms. The van der Waals surface area contributed by atoms with E-state index in [4.69, 9.17) is 4.74 Å². The lowest BCUT2D eigenvalue weighted by molar-refractivity contribution is -0.385. The van der Waals surface area contributed by atoms with Gasteiger partial charge >= 0.3 is 0 Å². The molecule has 17 heavy (non-hydrogen) atoms. The van der Waals surface area contributed by atoms with Crippen molar-refractivity contribution in [2.75, 3.05) is 25.6 Å². The molecule has 6 heteroatoms. The molecule has 1 aromatic carbocycles. The number of rotatable bonds is 6. The average molecular weight is 240 g/mol. The maximum atomic E-state index is 10.6. The van der Waals surface area contributed by atoms with Gasteiger partial charge in [0.1, 0.15) is 0 Å². The zero-order valence-corrected chi connectivity index (χ0v) is 9.84. The number of nitro groups is 1. The summed E-state index contributed by atoms with van der Waals surface area (Å²) in [5.74, 6) is 0. The van der Waals surface area contributed by atoms with Crippen LogP contribution >= 0.6 is 0 Å². The Hall–Kier alpha value is -1.66. The van der Waals surface area contributed by atoms with Crippen molar-refractivity contribution >= 4 is 11.4 Å².